The average Bonchev–Trinajstić information content (AvgIpc) is 2.06. The number of para-hydroxylation sites is 2. The number of benzene rings is 1. The first-order chi connectivity index (χ1) is 6.59. The van der Waals surface area contributed by atoms with Crippen molar-refractivity contribution in [2.45, 2.75) is 39.8 Å². The molecule has 0 atom stereocenters. The van der Waals surface area contributed by atoms with Crippen LogP contribution in [0.1, 0.15) is 27.7 Å². The van der Waals surface area contributed by atoms with Crippen LogP contribution >= 0.6 is 0 Å². The van der Waals surface area contributed by atoms with E-state index in [1.165, 1.54) is 11.4 Å². The van der Waals surface area contributed by atoms with E-state index in [-0.39, 0.29) is 0 Å². The molecule has 14 heavy (non-hydrogen) atoms. The molecule has 0 spiro atoms. The van der Waals surface area contributed by atoms with Crippen LogP contribution in [0, 0.1) is 0 Å². The smallest absolute Gasteiger partial charge is 0.153 e. The maximum atomic E-state index is 3.45. The molecule has 0 unspecified atom stereocenters. The predicted octanol–water partition coefficient (Wildman–Crippen LogP) is 2.11. The number of nitrogens with two attached hydrogens (primary N) is 1. The van der Waals surface area contributed by atoms with Crippen LogP contribution in [0.5, 0.6) is 0 Å². The van der Waals surface area contributed by atoms with Crippen LogP contribution < -0.4 is 10.6 Å². The van der Waals surface area contributed by atoms with E-state index in [4.69, 9.17) is 0 Å². The van der Waals surface area contributed by atoms with E-state index in [0.717, 1.165) is 0 Å². The average molecular weight is 193 g/mol. The van der Waals surface area contributed by atoms with Gasteiger partial charge >= 0.3 is 0 Å². The second kappa shape index (κ2) is 5.01. The lowest BCUT2D eigenvalue weighted by molar-refractivity contribution is -0.602. The van der Waals surface area contributed by atoms with Gasteiger partial charge < -0.3 is 10.6 Å². The molecule has 0 bridgehead atoms. The molecule has 2 heteroatoms. The fourth-order valence-electron chi connectivity index (χ4n) is 1.44. The second-order valence-electron chi connectivity index (χ2n) is 4.30. The predicted molar refractivity (Wildman–Crippen MR) is 61.9 cm³/mol. The molecule has 0 aliphatic carbocycles. The molecule has 0 amide bonds. The Morgan fingerprint density at radius 1 is 1.07 bits per heavy atom. The lowest BCUT2D eigenvalue weighted by Gasteiger charge is -2.13. The molecule has 1 rings (SSSR count). The molecule has 1 aromatic carbocycles. The molecule has 1 aromatic rings. The largest absolute Gasteiger partial charge is 0.378 e. The van der Waals surface area contributed by atoms with Crippen LogP contribution in [0.15, 0.2) is 24.3 Å². The van der Waals surface area contributed by atoms with Crippen molar-refractivity contribution < 1.29 is 5.32 Å². The first-order valence-corrected chi connectivity index (χ1v) is 5.30. The molecule has 0 aliphatic heterocycles. The number of quaternary nitrogens is 1. The lowest BCUT2D eigenvalue weighted by Crippen LogP contribution is -2.82. The molecule has 0 aliphatic rings. The summed E-state index contributed by atoms with van der Waals surface area (Å²) in [4.78, 5) is 0. The van der Waals surface area contributed by atoms with Gasteiger partial charge in [0, 0.05) is 12.1 Å². The van der Waals surface area contributed by atoms with Gasteiger partial charge in [0.1, 0.15) is 0 Å². The highest BCUT2D eigenvalue weighted by Gasteiger charge is 2.07. The zero-order valence-electron chi connectivity index (χ0n) is 9.54. The van der Waals surface area contributed by atoms with Crippen LogP contribution in [0.2, 0.25) is 0 Å². The Hall–Kier alpha value is -1.02. The Morgan fingerprint density at radius 3 is 2.29 bits per heavy atom. The van der Waals surface area contributed by atoms with Gasteiger partial charge in [0.05, 0.1) is 11.7 Å². The highest BCUT2D eigenvalue weighted by Crippen LogP contribution is 2.16. The topological polar surface area (TPSA) is 28.6 Å². The summed E-state index contributed by atoms with van der Waals surface area (Å²) in [6, 6.07) is 9.52. The van der Waals surface area contributed by atoms with E-state index in [1.807, 2.05) is 0 Å². The monoisotopic (exact) mass is 193 g/mol. The standard InChI is InChI=1S/C12H20N2/c1-9(2)13-11-7-5-6-8-12(11)14-10(3)4/h5-10,13-14H,1-4H3/p+1. The number of hydrogen-bond donors (Lipinski definition) is 2. The minimum atomic E-state index is 0.483. The van der Waals surface area contributed by atoms with E-state index < -0.39 is 0 Å². The molecule has 0 saturated heterocycles. The van der Waals surface area contributed by atoms with E-state index in [0.29, 0.717) is 12.1 Å². The molecular weight excluding hydrogens is 172 g/mol. The summed E-state index contributed by atoms with van der Waals surface area (Å²) in [6.45, 7) is 8.72. The normalized spacial score (nSPS) is 11.0. The zero-order valence-corrected chi connectivity index (χ0v) is 9.54. The van der Waals surface area contributed by atoms with Crippen LogP contribution in [0.25, 0.3) is 0 Å². The summed E-state index contributed by atoms with van der Waals surface area (Å²) in [5.74, 6) is 0. The van der Waals surface area contributed by atoms with E-state index in [1.54, 1.807) is 0 Å². The number of anilines is 1. The van der Waals surface area contributed by atoms with Gasteiger partial charge in [0.25, 0.3) is 0 Å². The fraction of sp³-hybridized carbons (Fsp3) is 0.500. The molecule has 78 valence electrons. The van der Waals surface area contributed by atoms with Gasteiger partial charge in [-0.3, -0.25) is 0 Å². The third-order valence-electron chi connectivity index (χ3n) is 1.92. The Bertz CT molecular complexity index is 250. The zero-order chi connectivity index (χ0) is 10.6. The maximum Gasteiger partial charge on any atom is 0.153 e. The molecule has 0 saturated carbocycles. The highest BCUT2D eigenvalue weighted by molar-refractivity contribution is 5.60. The summed E-state index contributed by atoms with van der Waals surface area (Å²) in [6.07, 6.45) is 0. The van der Waals surface area contributed by atoms with Gasteiger partial charge in [-0.15, -0.1) is 0 Å². The van der Waals surface area contributed by atoms with Crippen LogP contribution in [0.4, 0.5) is 11.4 Å². The molecule has 0 heterocycles. The van der Waals surface area contributed by atoms with Crippen molar-refractivity contribution in [2.24, 2.45) is 0 Å². The minimum Gasteiger partial charge on any atom is -0.378 e. The maximum absolute atomic E-state index is 3.45. The molecule has 0 radical (unpaired) electrons. The van der Waals surface area contributed by atoms with Gasteiger partial charge in [0.15, 0.2) is 5.69 Å². The van der Waals surface area contributed by atoms with Crippen LogP contribution in [-0.4, -0.2) is 12.1 Å². The SMILES string of the molecule is CC(C)Nc1ccccc1[NH2+]C(C)C. The highest BCUT2D eigenvalue weighted by atomic mass is 15.0. The summed E-state index contributed by atoms with van der Waals surface area (Å²) < 4.78 is 0. The number of rotatable bonds is 4. The fourth-order valence-corrected chi connectivity index (χ4v) is 1.44. The van der Waals surface area contributed by atoms with Crippen LogP contribution in [-0.2, 0) is 0 Å². The molecular formula is C12H21N2+. The number of nitrogens with one attached hydrogen (secondary N) is 1. The minimum absolute atomic E-state index is 0.483. The Morgan fingerprint density at radius 2 is 1.71 bits per heavy atom. The third kappa shape index (κ3) is 3.38. The first kappa shape index (κ1) is 11.1. The molecule has 0 fully saturated rings. The Labute approximate surface area is 86.7 Å². The summed E-state index contributed by atoms with van der Waals surface area (Å²) in [5, 5.41) is 5.73. The van der Waals surface area contributed by atoms with Crippen molar-refractivity contribution in [1.82, 2.24) is 0 Å². The van der Waals surface area contributed by atoms with Crippen molar-refractivity contribution in [3.8, 4) is 0 Å². The van der Waals surface area contributed by atoms with E-state index in [2.05, 4.69) is 62.6 Å². The third-order valence-corrected chi connectivity index (χ3v) is 1.92. The van der Waals surface area contributed by atoms with Crippen LogP contribution in [0.3, 0.4) is 0 Å². The van der Waals surface area contributed by atoms with Crippen molar-refractivity contribution in [1.29, 1.82) is 0 Å². The Kier molecular flexibility index (Phi) is 3.96. The summed E-state index contributed by atoms with van der Waals surface area (Å²) in [5.41, 5.74) is 2.53. The molecule has 0 aromatic heterocycles. The van der Waals surface area contributed by atoms with Crippen molar-refractivity contribution in [3.63, 3.8) is 0 Å². The Balaban J connectivity index is 2.80. The molecule has 3 N–H and O–H groups in total. The van der Waals surface area contributed by atoms with E-state index >= 15 is 0 Å². The van der Waals surface area contributed by atoms with Gasteiger partial charge in [0.2, 0.25) is 0 Å². The number of hydrogen-bond acceptors (Lipinski definition) is 1. The summed E-state index contributed by atoms with van der Waals surface area (Å²) >= 11 is 0. The quantitative estimate of drug-likeness (QED) is 0.704. The van der Waals surface area contributed by atoms with Gasteiger partial charge in [-0.1, -0.05) is 12.1 Å². The van der Waals surface area contributed by atoms with Crippen molar-refractivity contribution in [2.75, 3.05) is 5.32 Å². The first-order valence-electron chi connectivity index (χ1n) is 5.30. The summed E-state index contributed by atoms with van der Waals surface area (Å²) in [7, 11) is 0. The van der Waals surface area contributed by atoms with Gasteiger partial charge in [-0.25, -0.2) is 0 Å². The lowest BCUT2D eigenvalue weighted by atomic mass is 10.2. The van der Waals surface area contributed by atoms with Crippen molar-refractivity contribution >= 4 is 11.4 Å². The second-order valence-corrected chi connectivity index (χ2v) is 4.30. The molecule has 2 nitrogen and oxygen atoms in total. The van der Waals surface area contributed by atoms with E-state index in [9.17, 15) is 0 Å². The van der Waals surface area contributed by atoms with Gasteiger partial charge in [-0.05, 0) is 33.8 Å². The van der Waals surface area contributed by atoms with Crippen molar-refractivity contribution in [3.05, 3.63) is 24.3 Å². The van der Waals surface area contributed by atoms with Gasteiger partial charge in [-0.2, -0.15) is 0 Å².